The van der Waals surface area contributed by atoms with Crippen LogP contribution in [-0.4, -0.2) is 37.1 Å². The Kier molecular flexibility index (Phi) is 5.96. The maximum Gasteiger partial charge on any atom is 0.0595 e. The van der Waals surface area contributed by atoms with Crippen LogP contribution in [0.2, 0.25) is 10.0 Å². The Morgan fingerprint density at radius 2 is 1.86 bits per heavy atom. The van der Waals surface area contributed by atoms with Crippen LogP contribution < -0.4 is 5.32 Å². The van der Waals surface area contributed by atoms with Crippen molar-refractivity contribution in [2.45, 2.75) is 50.6 Å². The van der Waals surface area contributed by atoms with E-state index in [4.69, 9.17) is 23.2 Å². The Bertz CT molecular complexity index is 468. The lowest BCUT2D eigenvalue weighted by atomic mass is 9.83. The Labute approximate surface area is 138 Å². The first kappa shape index (κ1) is 17.1. The fourth-order valence-corrected chi connectivity index (χ4v) is 4.02. The van der Waals surface area contributed by atoms with Gasteiger partial charge in [0.15, 0.2) is 0 Å². The van der Waals surface area contributed by atoms with Gasteiger partial charge in [-0.1, -0.05) is 49.0 Å². The molecule has 21 heavy (non-hydrogen) atoms. The fraction of sp³-hybridized carbons (Fsp3) is 0.647. The van der Waals surface area contributed by atoms with Crippen LogP contribution >= 0.6 is 23.2 Å². The monoisotopic (exact) mass is 328 g/mol. The van der Waals surface area contributed by atoms with Gasteiger partial charge in [0.2, 0.25) is 0 Å². The molecule has 1 fully saturated rings. The summed E-state index contributed by atoms with van der Waals surface area (Å²) in [4.78, 5) is 2.42. The smallest absolute Gasteiger partial charge is 0.0595 e. The summed E-state index contributed by atoms with van der Waals surface area (Å²) in [6.45, 7) is 3.17. The number of hydrogen-bond acceptors (Lipinski definition) is 2. The van der Waals surface area contributed by atoms with E-state index in [1.807, 2.05) is 12.1 Å². The first-order valence-electron chi connectivity index (χ1n) is 7.84. The molecule has 1 saturated carbocycles. The third kappa shape index (κ3) is 3.73. The highest BCUT2D eigenvalue weighted by atomic mass is 35.5. The molecule has 1 unspecified atom stereocenters. The van der Waals surface area contributed by atoms with Crippen LogP contribution in [0.1, 0.15) is 38.2 Å². The first-order valence-corrected chi connectivity index (χ1v) is 8.60. The predicted octanol–water partition coefficient (Wildman–Crippen LogP) is 4.39. The summed E-state index contributed by atoms with van der Waals surface area (Å²) in [5.74, 6) is 0. The Balaban J connectivity index is 2.23. The zero-order chi connectivity index (χ0) is 15.5. The molecule has 0 aromatic heterocycles. The van der Waals surface area contributed by atoms with E-state index in [2.05, 4.69) is 37.3 Å². The lowest BCUT2D eigenvalue weighted by molar-refractivity contribution is 0.105. The molecule has 1 aliphatic carbocycles. The summed E-state index contributed by atoms with van der Waals surface area (Å²) >= 11 is 12.2. The first-order chi connectivity index (χ1) is 9.99. The minimum Gasteiger partial charge on any atom is -0.312 e. The molecule has 1 N–H and O–H groups in total. The summed E-state index contributed by atoms with van der Waals surface area (Å²) in [6, 6.07) is 6.44. The molecular weight excluding hydrogens is 303 g/mol. The second-order valence-corrected chi connectivity index (χ2v) is 7.08. The summed E-state index contributed by atoms with van der Waals surface area (Å²) < 4.78 is 0. The molecule has 1 aromatic carbocycles. The average Bonchev–Trinajstić information content (AvgIpc) is 2.93. The van der Waals surface area contributed by atoms with E-state index in [-0.39, 0.29) is 5.54 Å². The van der Waals surface area contributed by atoms with Gasteiger partial charge < -0.3 is 10.2 Å². The van der Waals surface area contributed by atoms with E-state index in [9.17, 15) is 0 Å². The van der Waals surface area contributed by atoms with Crippen molar-refractivity contribution in [3.05, 3.63) is 33.8 Å². The lowest BCUT2D eigenvalue weighted by Gasteiger charge is -2.44. The second kappa shape index (κ2) is 7.32. The summed E-state index contributed by atoms with van der Waals surface area (Å²) in [5.41, 5.74) is 1.51. The zero-order valence-corrected chi connectivity index (χ0v) is 14.8. The maximum absolute atomic E-state index is 6.17. The Morgan fingerprint density at radius 3 is 2.38 bits per heavy atom. The van der Waals surface area contributed by atoms with E-state index in [1.165, 1.54) is 31.2 Å². The molecule has 0 radical (unpaired) electrons. The number of benzene rings is 1. The van der Waals surface area contributed by atoms with Crippen LogP contribution in [0.4, 0.5) is 0 Å². The lowest BCUT2D eigenvalue weighted by Crippen LogP contribution is -2.58. The molecule has 1 aromatic rings. The summed E-state index contributed by atoms with van der Waals surface area (Å²) in [7, 11) is 4.43. The van der Waals surface area contributed by atoms with Gasteiger partial charge in [-0.25, -0.2) is 0 Å². The highest BCUT2D eigenvalue weighted by Gasteiger charge is 2.42. The van der Waals surface area contributed by atoms with Crippen LogP contribution in [0.5, 0.6) is 0 Å². The van der Waals surface area contributed by atoms with E-state index in [1.54, 1.807) is 0 Å². The molecule has 1 atom stereocenters. The second-order valence-electron chi connectivity index (χ2n) is 6.27. The normalized spacial score (nSPS) is 19.1. The summed E-state index contributed by atoms with van der Waals surface area (Å²) in [6.07, 6.45) is 6.16. The quantitative estimate of drug-likeness (QED) is 0.833. The molecular formula is C17H26Cl2N2. The number of halogens is 2. The van der Waals surface area contributed by atoms with Gasteiger partial charge in [-0.3, -0.25) is 0 Å². The number of nitrogens with zero attached hydrogens (tertiary/aromatic N) is 1. The van der Waals surface area contributed by atoms with Crippen LogP contribution in [-0.2, 0) is 6.42 Å². The molecule has 2 rings (SSSR count). The van der Waals surface area contributed by atoms with Crippen molar-refractivity contribution in [1.29, 1.82) is 0 Å². The van der Waals surface area contributed by atoms with Crippen molar-refractivity contribution >= 4 is 23.2 Å². The Hall–Kier alpha value is -0.280. The van der Waals surface area contributed by atoms with Crippen molar-refractivity contribution < 1.29 is 0 Å². The van der Waals surface area contributed by atoms with Gasteiger partial charge in [0.1, 0.15) is 0 Å². The molecule has 0 heterocycles. The maximum atomic E-state index is 6.17. The van der Waals surface area contributed by atoms with E-state index >= 15 is 0 Å². The van der Waals surface area contributed by atoms with Crippen LogP contribution in [0.15, 0.2) is 18.2 Å². The molecule has 4 heteroatoms. The van der Waals surface area contributed by atoms with Gasteiger partial charge in [-0.05, 0) is 57.6 Å². The predicted molar refractivity (Wildman–Crippen MR) is 92.5 cm³/mol. The highest BCUT2D eigenvalue weighted by Crippen LogP contribution is 2.38. The number of hydrogen-bond donors (Lipinski definition) is 1. The molecule has 0 amide bonds. The Morgan fingerprint density at radius 1 is 1.19 bits per heavy atom. The van der Waals surface area contributed by atoms with E-state index in [0.29, 0.717) is 16.1 Å². The van der Waals surface area contributed by atoms with Gasteiger partial charge in [-0.15, -0.1) is 0 Å². The minimum atomic E-state index is 0.252. The van der Waals surface area contributed by atoms with Crippen LogP contribution in [0.3, 0.4) is 0 Å². The zero-order valence-electron chi connectivity index (χ0n) is 13.3. The van der Waals surface area contributed by atoms with Gasteiger partial charge in [0.05, 0.1) is 10.0 Å². The largest absolute Gasteiger partial charge is 0.312 e. The van der Waals surface area contributed by atoms with Crippen LogP contribution in [0.25, 0.3) is 0 Å². The van der Waals surface area contributed by atoms with Gasteiger partial charge >= 0.3 is 0 Å². The summed E-state index contributed by atoms with van der Waals surface area (Å²) in [5, 5.41) is 4.99. The minimum absolute atomic E-state index is 0.252. The third-order valence-corrected chi connectivity index (χ3v) is 5.62. The molecule has 2 nitrogen and oxygen atoms in total. The third-order valence-electron chi connectivity index (χ3n) is 4.88. The number of nitrogens with one attached hydrogen (secondary N) is 1. The average molecular weight is 329 g/mol. The van der Waals surface area contributed by atoms with Crippen molar-refractivity contribution in [3.63, 3.8) is 0 Å². The standard InChI is InChI=1S/C17H26Cl2N2/c1-4-20-16(17(21(2)3)9-5-6-10-17)12-13-7-8-14(18)15(19)11-13/h7-8,11,16,20H,4-6,9-10,12H2,1-3H3. The SMILES string of the molecule is CCNC(Cc1ccc(Cl)c(Cl)c1)C1(N(C)C)CCCC1. The highest BCUT2D eigenvalue weighted by molar-refractivity contribution is 6.42. The van der Waals surface area contributed by atoms with E-state index < -0.39 is 0 Å². The van der Waals surface area contributed by atoms with Crippen molar-refractivity contribution in [3.8, 4) is 0 Å². The van der Waals surface area contributed by atoms with Gasteiger partial charge in [-0.2, -0.15) is 0 Å². The molecule has 1 aliphatic rings. The number of likely N-dealkylation sites (N-methyl/N-ethyl adjacent to an activating group) is 2. The molecule has 0 aliphatic heterocycles. The van der Waals surface area contributed by atoms with Gasteiger partial charge in [0.25, 0.3) is 0 Å². The van der Waals surface area contributed by atoms with Gasteiger partial charge in [0, 0.05) is 11.6 Å². The van der Waals surface area contributed by atoms with Crippen molar-refractivity contribution in [1.82, 2.24) is 10.2 Å². The van der Waals surface area contributed by atoms with E-state index in [0.717, 1.165) is 13.0 Å². The molecule has 0 bridgehead atoms. The van der Waals surface area contributed by atoms with Crippen molar-refractivity contribution in [2.75, 3.05) is 20.6 Å². The fourth-order valence-electron chi connectivity index (χ4n) is 3.70. The van der Waals surface area contributed by atoms with Crippen LogP contribution in [0, 0.1) is 0 Å². The molecule has 0 saturated heterocycles. The topological polar surface area (TPSA) is 15.3 Å². The molecule has 0 spiro atoms. The molecule has 118 valence electrons. The number of rotatable bonds is 6. The van der Waals surface area contributed by atoms with Crippen molar-refractivity contribution in [2.24, 2.45) is 0 Å².